The number of nitrogens with two attached hydrogens (primary N) is 1. The summed E-state index contributed by atoms with van der Waals surface area (Å²) >= 11 is 0. The predicted octanol–water partition coefficient (Wildman–Crippen LogP) is 2.96. The van der Waals surface area contributed by atoms with Gasteiger partial charge in [-0.15, -0.1) is 0 Å². The van der Waals surface area contributed by atoms with E-state index in [2.05, 4.69) is 15.3 Å². The van der Waals surface area contributed by atoms with Crippen molar-refractivity contribution in [2.45, 2.75) is 6.18 Å². The number of benzene rings is 1. The van der Waals surface area contributed by atoms with Crippen LogP contribution in [0.2, 0.25) is 0 Å². The molecule has 3 N–H and O–H groups in total. The number of nitrogens with one attached hydrogen (secondary N) is 1. The van der Waals surface area contributed by atoms with Gasteiger partial charge in [0.05, 0.1) is 17.4 Å². The summed E-state index contributed by atoms with van der Waals surface area (Å²) in [5.74, 6) is -1.55. The lowest BCUT2D eigenvalue weighted by Gasteiger charge is -2.14. The summed E-state index contributed by atoms with van der Waals surface area (Å²) in [6, 6.07) is 4.67. The fraction of sp³-hybridized carbons (Fsp3) is 0.0909. The van der Waals surface area contributed by atoms with Crippen molar-refractivity contribution >= 4 is 17.5 Å². The molecule has 1 aromatic heterocycles. The molecule has 0 bridgehead atoms. The van der Waals surface area contributed by atoms with Crippen LogP contribution in [0.5, 0.6) is 0 Å². The summed E-state index contributed by atoms with van der Waals surface area (Å²) in [5, 5.41) is 2.26. The van der Waals surface area contributed by atoms with Crippen LogP contribution < -0.4 is 11.1 Å². The molecule has 0 aliphatic rings. The highest BCUT2D eigenvalue weighted by Crippen LogP contribution is 2.35. The Morgan fingerprint density at radius 1 is 1.16 bits per heavy atom. The van der Waals surface area contributed by atoms with Gasteiger partial charge in [-0.1, -0.05) is 12.1 Å². The van der Waals surface area contributed by atoms with E-state index in [4.69, 9.17) is 5.73 Å². The highest BCUT2D eigenvalue weighted by Gasteiger charge is 2.33. The van der Waals surface area contributed by atoms with Crippen molar-refractivity contribution in [2.75, 3.05) is 11.1 Å². The smallest absolute Gasteiger partial charge is 0.368 e. The Kier molecular flexibility index (Phi) is 3.24. The van der Waals surface area contributed by atoms with E-state index in [1.807, 2.05) is 0 Å². The van der Waals surface area contributed by atoms with Gasteiger partial charge >= 0.3 is 6.18 Å². The Hall–Kier alpha value is -2.38. The lowest BCUT2D eigenvalue weighted by atomic mass is 10.1. The molecule has 2 rings (SSSR count). The zero-order chi connectivity index (χ0) is 14.0. The average Bonchev–Trinajstić information content (AvgIpc) is 2.33. The second-order valence-electron chi connectivity index (χ2n) is 3.59. The number of aromatic nitrogens is 2. The van der Waals surface area contributed by atoms with Gasteiger partial charge in [0.2, 0.25) is 5.95 Å². The van der Waals surface area contributed by atoms with Gasteiger partial charge in [-0.05, 0) is 12.1 Å². The highest BCUT2D eigenvalue weighted by molar-refractivity contribution is 5.62. The van der Waals surface area contributed by atoms with Crippen LogP contribution in [0.4, 0.5) is 35.0 Å². The van der Waals surface area contributed by atoms with Crippen LogP contribution in [0, 0.1) is 5.82 Å². The molecule has 0 aliphatic carbocycles. The molecule has 4 nitrogen and oxygen atoms in total. The quantitative estimate of drug-likeness (QED) is 0.825. The van der Waals surface area contributed by atoms with Crippen LogP contribution in [0.15, 0.2) is 30.5 Å². The third kappa shape index (κ3) is 2.90. The van der Waals surface area contributed by atoms with Gasteiger partial charge < -0.3 is 11.1 Å². The summed E-state index contributed by atoms with van der Waals surface area (Å²) in [4.78, 5) is 6.89. The normalized spacial score (nSPS) is 11.4. The molecule has 0 unspecified atom stereocenters. The Labute approximate surface area is 105 Å². The van der Waals surface area contributed by atoms with Crippen LogP contribution in [-0.2, 0) is 6.18 Å². The monoisotopic (exact) mass is 272 g/mol. The minimum atomic E-state index is -4.56. The molecular weight excluding hydrogens is 264 g/mol. The fourth-order valence-corrected chi connectivity index (χ4v) is 1.44. The number of anilines is 3. The second-order valence-corrected chi connectivity index (χ2v) is 3.59. The molecule has 0 aliphatic heterocycles. The molecule has 0 spiro atoms. The van der Waals surface area contributed by atoms with Crippen molar-refractivity contribution in [1.29, 1.82) is 0 Å². The number of nitrogen functional groups attached to an aromatic ring is 1. The molecule has 1 heterocycles. The second kappa shape index (κ2) is 4.71. The molecule has 0 fully saturated rings. The number of halogens is 4. The van der Waals surface area contributed by atoms with Crippen molar-refractivity contribution in [2.24, 2.45) is 0 Å². The highest BCUT2D eigenvalue weighted by atomic mass is 19.4. The van der Waals surface area contributed by atoms with E-state index in [-0.39, 0.29) is 11.6 Å². The Balaban J connectivity index is 2.41. The summed E-state index contributed by atoms with van der Waals surface area (Å²) in [5.41, 5.74) is 4.02. The van der Waals surface area contributed by atoms with Gasteiger partial charge in [0, 0.05) is 0 Å². The van der Waals surface area contributed by atoms with Crippen molar-refractivity contribution < 1.29 is 17.6 Å². The molecule has 0 saturated carbocycles. The number of hydrogen-bond acceptors (Lipinski definition) is 4. The van der Waals surface area contributed by atoms with Gasteiger partial charge in [0.25, 0.3) is 0 Å². The minimum Gasteiger partial charge on any atom is -0.368 e. The van der Waals surface area contributed by atoms with Gasteiger partial charge in [-0.3, -0.25) is 0 Å². The predicted molar refractivity (Wildman–Crippen MR) is 61.1 cm³/mol. The van der Waals surface area contributed by atoms with E-state index < -0.39 is 23.4 Å². The SMILES string of the molecule is Nc1ncc(F)c(Nc2ccccc2C(F)(F)F)n1. The zero-order valence-corrected chi connectivity index (χ0v) is 9.37. The standard InChI is InChI=1S/C11H8F4N4/c12-7-5-17-10(16)19-9(7)18-8-4-2-1-3-6(8)11(13,14)15/h1-5H,(H3,16,17,18,19). The van der Waals surface area contributed by atoms with E-state index in [1.165, 1.54) is 18.2 Å². The Morgan fingerprint density at radius 3 is 2.53 bits per heavy atom. The van der Waals surface area contributed by atoms with E-state index in [9.17, 15) is 17.6 Å². The first-order chi connectivity index (χ1) is 8.88. The Morgan fingerprint density at radius 2 is 1.84 bits per heavy atom. The van der Waals surface area contributed by atoms with Crippen molar-refractivity contribution in [3.05, 3.63) is 41.8 Å². The molecule has 2 aromatic rings. The lowest BCUT2D eigenvalue weighted by Crippen LogP contribution is -2.10. The van der Waals surface area contributed by atoms with Crippen LogP contribution in [0.3, 0.4) is 0 Å². The van der Waals surface area contributed by atoms with Crippen molar-refractivity contribution in [3.63, 3.8) is 0 Å². The average molecular weight is 272 g/mol. The molecule has 0 saturated heterocycles. The minimum absolute atomic E-state index is 0.242. The summed E-state index contributed by atoms with van der Waals surface area (Å²) in [6.07, 6.45) is -3.78. The maximum Gasteiger partial charge on any atom is 0.418 e. The largest absolute Gasteiger partial charge is 0.418 e. The van der Waals surface area contributed by atoms with E-state index in [1.54, 1.807) is 0 Å². The van der Waals surface area contributed by atoms with E-state index in [0.717, 1.165) is 12.3 Å². The fourth-order valence-electron chi connectivity index (χ4n) is 1.44. The van der Waals surface area contributed by atoms with Crippen molar-refractivity contribution in [1.82, 2.24) is 9.97 Å². The van der Waals surface area contributed by atoms with Crippen LogP contribution in [0.25, 0.3) is 0 Å². The third-order valence-electron chi connectivity index (χ3n) is 2.25. The number of para-hydroxylation sites is 1. The van der Waals surface area contributed by atoms with E-state index in [0.29, 0.717) is 0 Å². The molecule has 1 aromatic carbocycles. The first-order valence-electron chi connectivity index (χ1n) is 5.09. The molecule has 0 amide bonds. The molecule has 19 heavy (non-hydrogen) atoms. The molecule has 8 heteroatoms. The van der Waals surface area contributed by atoms with Gasteiger partial charge in [-0.25, -0.2) is 9.37 Å². The van der Waals surface area contributed by atoms with Crippen LogP contribution in [-0.4, -0.2) is 9.97 Å². The molecule has 0 radical (unpaired) electrons. The number of hydrogen-bond donors (Lipinski definition) is 2. The lowest BCUT2D eigenvalue weighted by molar-refractivity contribution is -0.136. The Bertz CT molecular complexity index is 597. The van der Waals surface area contributed by atoms with Crippen LogP contribution in [0.1, 0.15) is 5.56 Å². The van der Waals surface area contributed by atoms with Crippen molar-refractivity contribution in [3.8, 4) is 0 Å². The zero-order valence-electron chi connectivity index (χ0n) is 9.37. The van der Waals surface area contributed by atoms with Crippen LogP contribution >= 0.6 is 0 Å². The van der Waals surface area contributed by atoms with Gasteiger partial charge in [-0.2, -0.15) is 18.2 Å². The maximum atomic E-state index is 13.4. The maximum absolute atomic E-state index is 13.4. The molecule has 0 atom stereocenters. The van der Waals surface area contributed by atoms with Gasteiger partial charge in [0.15, 0.2) is 11.6 Å². The number of alkyl halides is 3. The summed E-state index contributed by atoms with van der Waals surface area (Å²) in [7, 11) is 0. The van der Waals surface area contributed by atoms with Gasteiger partial charge in [0.1, 0.15) is 0 Å². The topological polar surface area (TPSA) is 63.8 Å². The van der Waals surface area contributed by atoms with E-state index >= 15 is 0 Å². The molecule has 100 valence electrons. The number of nitrogens with zero attached hydrogens (tertiary/aromatic N) is 2. The first-order valence-corrected chi connectivity index (χ1v) is 5.09. The first kappa shape index (κ1) is 13.1. The summed E-state index contributed by atoms with van der Waals surface area (Å²) in [6.45, 7) is 0. The molecular formula is C11H8F4N4. The third-order valence-corrected chi connectivity index (χ3v) is 2.25. The summed E-state index contributed by atoms with van der Waals surface area (Å²) < 4.78 is 51.6. The number of rotatable bonds is 2.